The molecule has 0 atom stereocenters. The van der Waals surface area contributed by atoms with Gasteiger partial charge in [-0.15, -0.1) is 0 Å². The van der Waals surface area contributed by atoms with Gasteiger partial charge in [0, 0.05) is 23.0 Å². The van der Waals surface area contributed by atoms with Gasteiger partial charge in [-0.05, 0) is 30.7 Å². The van der Waals surface area contributed by atoms with E-state index in [-0.39, 0.29) is 0 Å². The Bertz CT molecular complexity index is 423. The summed E-state index contributed by atoms with van der Waals surface area (Å²) in [6, 6.07) is 5.88. The van der Waals surface area contributed by atoms with Crippen molar-refractivity contribution in [2.24, 2.45) is 0 Å². The van der Waals surface area contributed by atoms with Crippen LogP contribution in [0, 0.1) is 6.92 Å². The first kappa shape index (κ1) is 9.15. The van der Waals surface area contributed by atoms with E-state index in [9.17, 15) is 0 Å². The van der Waals surface area contributed by atoms with E-state index in [0.29, 0.717) is 0 Å². The number of imidazole rings is 1. The van der Waals surface area contributed by atoms with Gasteiger partial charge in [0.05, 0.1) is 0 Å². The Morgan fingerprint density at radius 3 is 2.93 bits per heavy atom. The van der Waals surface area contributed by atoms with Crippen LogP contribution in [-0.2, 0) is 0 Å². The quantitative estimate of drug-likeness (QED) is 0.740. The summed E-state index contributed by atoms with van der Waals surface area (Å²) in [5.74, 6) is 0. The van der Waals surface area contributed by atoms with Crippen LogP contribution in [0.2, 0.25) is 0 Å². The van der Waals surface area contributed by atoms with Crippen LogP contribution in [0.15, 0.2) is 40.6 Å². The Morgan fingerprint density at radius 2 is 2.29 bits per heavy atom. The summed E-state index contributed by atoms with van der Waals surface area (Å²) in [6.07, 6.45) is 3.56. The number of anilines is 1. The Hall–Kier alpha value is -1.42. The second-order valence-electron chi connectivity index (χ2n) is 3.02. The molecule has 0 fully saturated rings. The predicted molar refractivity (Wildman–Crippen MR) is 58.3 cm³/mol. The minimum atomic E-state index is 0.797. The molecule has 0 radical (unpaired) electrons. The fourth-order valence-electron chi connectivity index (χ4n) is 1.20. The zero-order chi connectivity index (χ0) is 9.97. The highest BCUT2D eigenvalue weighted by molar-refractivity contribution is 7.99. The SMILES string of the molecule is Cc1cc(N)ccc1Sc1ncc[nH]1. The molecular formula is C10H11N3S. The number of nitrogens with zero attached hydrogens (tertiary/aromatic N) is 1. The summed E-state index contributed by atoms with van der Waals surface area (Å²) in [7, 11) is 0. The van der Waals surface area contributed by atoms with E-state index >= 15 is 0 Å². The number of aromatic nitrogens is 2. The molecule has 0 aliphatic heterocycles. The third kappa shape index (κ3) is 1.90. The third-order valence-electron chi connectivity index (χ3n) is 1.88. The zero-order valence-corrected chi connectivity index (χ0v) is 8.64. The second-order valence-corrected chi connectivity index (χ2v) is 4.05. The van der Waals surface area contributed by atoms with Crippen LogP contribution in [0.1, 0.15) is 5.56 Å². The fourth-order valence-corrected chi connectivity index (χ4v) is 2.00. The van der Waals surface area contributed by atoms with Gasteiger partial charge in [-0.2, -0.15) is 0 Å². The van der Waals surface area contributed by atoms with Crippen LogP contribution in [0.5, 0.6) is 0 Å². The number of nitrogen functional groups attached to an aromatic ring is 1. The van der Waals surface area contributed by atoms with E-state index in [0.717, 1.165) is 10.8 Å². The molecule has 0 aliphatic rings. The summed E-state index contributed by atoms with van der Waals surface area (Å²) in [4.78, 5) is 8.37. The van der Waals surface area contributed by atoms with Crippen LogP contribution in [-0.4, -0.2) is 9.97 Å². The highest BCUT2D eigenvalue weighted by Gasteiger charge is 2.02. The van der Waals surface area contributed by atoms with Gasteiger partial charge in [0.1, 0.15) is 0 Å². The number of aromatic amines is 1. The van der Waals surface area contributed by atoms with Crippen LogP contribution < -0.4 is 5.73 Å². The first-order valence-corrected chi connectivity index (χ1v) is 5.11. The van der Waals surface area contributed by atoms with Gasteiger partial charge in [-0.25, -0.2) is 4.98 Å². The standard InChI is InChI=1S/C10H11N3S/c1-7-6-8(11)2-3-9(7)14-10-12-4-5-13-10/h2-6H,11H2,1H3,(H,12,13). The van der Waals surface area contributed by atoms with Crippen molar-refractivity contribution in [2.45, 2.75) is 17.0 Å². The molecule has 2 aromatic rings. The maximum atomic E-state index is 5.67. The minimum absolute atomic E-state index is 0.797. The van der Waals surface area contributed by atoms with Crippen LogP contribution in [0.3, 0.4) is 0 Å². The molecule has 0 spiro atoms. The minimum Gasteiger partial charge on any atom is -0.399 e. The molecule has 1 aromatic carbocycles. The summed E-state index contributed by atoms with van der Waals surface area (Å²) < 4.78 is 0. The highest BCUT2D eigenvalue weighted by atomic mass is 32.2. The van der Waals surface area contributed by atoms with Gasteiger partial charge in [0.25, 0.3) is 0 Å². The molecule has 72 valence electrons. The van der Waals surface area contributed by atoms with Crippen molar-refractivity contribution < 1.29 is 0 Å². The first-order chi connectivity index (χ1) is 6.75. The summed E-state index contributed by atoms with van der Waals surface area (Å²) >= 11 is 1.61. The number of rotatable bonds is 2. The second kappa shape index (κ2) is 3.75. The lowest BCUT2D eigenvalue weighted by molar-refractivity contribution is 1.06. The Balaban J connectivity index is 2.25. The van der Waals surface area contributed by atoms with Crippen molar-refractivity contribution in [3.8, 4) is 0 Å². The van der Waals surface area contributed by atoms with Crippen molar-refractivity contribution in [1.29, 1.82) is 0 Å². The average Bonchev–Trinajstić information content (AvgIpc) is 2.62. The van der Waals surface area contributed by atoms with E-state index in [1.165, 1.54) is 10.5 Å². The van der Waals surface area contributed by atoms with Crippen molar-refractivity contribution in [3.63, 3.8) is 0 Å². The lowest BCUT2D eigenvalue weighted by Gasteiger charge is -2.03. The molecule has 4 heteroatoms. The molecule has 0 aliphatic carbocycles. The van der Waals surface area contributed by atoms with Gasteiger partial charge in [0.15, 0.2) is 5.16 Å². The van der Waals surface area contributed by atoms with Crippen LogP contribution in [0.4, 0.5) is 5.69 Å². The zero-order valence-electron chi connectivity index (χ0n) is 7.82. The van der Waals surface area contributed by atoms with E-state index in [1.54, 1.807) is 18.0 Å². The Labute approximate surface area is 86.7 Å². The van der Waals surface area contributed by atoms with Crippen molar-refractivity contribution in [2.75, 3.05) is 5.73 Å². The lowest BCUT2D eigenvalue weighted by Crippen LogP contribution is -1.87. The molecular weight excluding hydrogens is 194 g/mol. The molecule has 0 unspecified atom stereocenters. The van der Waals surface area contributed by atoms with E-state index in [1.807, 2.05) is 31.3 Å². The number of nitrogens with two attached hydrogens (primary N) is 1. The topological polar surface area (TPSA) is 54.7 Å². The van der Waals surface area contributed by atoms with Crippen LogP contribution in [0.25, 0.3) is 0 Å². The number of aryl methyl sites for hydroxylation is 1. The first-order valence-electron chi connectivity index (χ1n) is 4.29. The number of hydrogen-bond acceptors (Lipinski definition) is 3. The van der Waals surface area contributed by atoms with Crippen molar-refractivity contribution in [3.05, 3.63) is 36.2 Å². The van der Waals surface area contributed by atoms with E-state index in [2.05, 4.69) is 9.97 Å². The summed E-state index contributed by atoms with van der Waals surface area (Å²) in [6.45, 7) is 2.04. The van der Waals surface area contributed by atoms with Crippen LogP contribution >= 0.6 is 11.8 Å². The summed E-state index contributed by atoms with van der Waals surface area (Å²) in [5.41, 5.74) is 7.64. The number of nitrogens with one attached hydrogen (secondary N) is 1. The van der Waals surface area contributed by atoms with Crippen molar-refractivity contribution in [1.82, 2.24) is 9.97 Å². The largest absolute Gasteiger partial charge is 0.399 e. The Morgan fingerprint density at radius 1 is 1.43 bits per heavy atom. The monoisotopic (exact) mass is 205 g/mol. The molecule has 1 aromatic heterocycles. The molecule has 2 rings (SSSR count). The molecule has 0 saturated heterocycles. The Kier molecular flexibility index (Phi) is 2.45. The number of H-pyrrole nitrogens is 1. The number of benzene rings is 1. The summed E-state index contributed by atoms with van der Waals surface area (Å²) in [5, 5.41) is 0.901. The van der Waals surface area contributed by atoms with Gasteiger partial charge < -0.3 is 10.7 Å². The lowest BCUT2D eigenvalue weighted by atomic mass is 10.2. The maximum Gasteiger partial charge on any atom is 0.170 e. The van der Waals surface area contributed by atoms with E-state index in [4.69, 9.17) is 5.73 Å². The number of hydrogen-bond donors (Lipinski definition) is 2. The molecule has 14 heavy (non-hydrogen) atoms. The molecule has 3 nitrogen and oxygen atoms in total. The molecule has 0 amide bonds. The van der Waals surface area contributed by atoms with Crippen molar-refractivity contribution >= 4 is 17.4 Å². The molecule has 0 bridgehead atoms. The molecule has 0 saturated carbocycles. The molecule has 1 heterocycles. The van der Waals surface area contributed by atoms with Gasteiger partial charge in [-0.3, -0.25) is 0 Å². The fraction of sp³-hybridized carbons (Fsp3) is 0.100. The predicted octanol–water partition coefficient (Wildman–Crippen LogP) is 2.45. The molecule has 3 N–H and O–H groups in total. The normalized spacial score (nSPS) is 10.4. The van der Waals surface area contributed by atoms with Gasteiger partial charge in [0.2, 0.25) is 0 Å². The third-order valence-corrected chi connectivity index (χ3v) is 2.97. The average molecular weight is 205 g/mol. The van der Waals surface area contributed by atoms with E-state index < -0.39 is 0 Å². The highest BCUT2D eigenvalue weighted by Crippen LogP contribution is 2.28. The van der Waals surface area contributed by atoms with Gasteiger partial charge in [-0.1, -0.05) is 11.8 Å². The van der Waals surface area contributed by atoms with Gasteiger partial charge >= 0.3 is 0 Å². The maximum absolute atomic E-state index is 5.67. The smallest absolute Gasteiger partial charge is 0.170 e.